The molecule has 0 saturated carbocycles. The first-order chi connectivity index (χ1) is 9.18. The molecule has 0 spiro atoms. The molecule has 0 radical (unpaired) electrons. The van der Waals surface area contributed by atoms with E-state index in [0.29, 0.717) is 18.3 Å². The number of carbonyl (C=O) groups is 1. The van der Waals surface area contributed by atoms with Crippen molar-refractivity contribution in [2.45, 2.75) is 32.1 Å². The smallest absolute Gasteiger partial charge is 0.163 e. The molecule has 0 N–H and O–H groups in total. The summed E-state index contributed by atoms with van der Waals surface area (Å²) in [6.45, 7) is 4.37. The molecule has 0 heterocycles. The third kappa shape index (κ3) is 1.99. The first-order valence-electron chi connectivity index (χ1n) is 6.86. The fraction of sp³-hybridized carbons (Fsp3) is 0.278. The Morgan fingerprint density at radius 1 is 0.947 bits per heavy atom. The van der Waals surface area contributed by atoms with Gasteiger partial charge in [0.1, 0.15) is 0 Å². The fourth-order valence-electron chi connectivity index (χ4n) is 3.23. The Bertz CT molecular complexity index is 627. The summed E-state index contributed by atoms with van der Waals surface area (Å²) in [4.78, 5) is 12.3. The second kappa shape index (κ2) is 4.65. The van der Waals surface area contributed by atoms with Gasteiger partial charge in [0.15, 0.2) is 5.78 Å². The lowest BCUT2D eigenvalue weighted by Gasteiger charge is -2.31. The normalized spacial score (nSPS) is 22.1. The van der Waals surface area contributed by atoms with Gasteiger partial charge in [-0.1, -0.05) is 55.5 Å². The Balaban J connectivity index is 2.08. The van der Waals surface area contributed by atoms with Gasteiger partial charge in [-0.05, 0) is 35.4 Å². The Labute approximate surface area is 114 Å². The van der Waals surface area contributed by atoms with Crippen LogP contribution in [-0.4, -0.2) is 5.78 Å². The van der Waals surface area contributed by atoms with Crippen molar-refractivity contribution in [1.82, 2.24) is 0 Å². The van der Waals surface area contributed by atoms with E-state index >= 15 is 0 Å². The molecule has 1 nitrogen and oxygen atoms in total. The summed E-state index contributed by atoms with van der Waals surface area (Å²) in [6, 6.07) is 16.5. The quantitative estimate of drug-likeness (QED) is 0.730. The molecule has 19 heavy (non-hydrogen) atoms. The second-order valence-electron chi connectivity index (χ2n) is 5.47. The molecule has 2 atom stereocenters. The maximum atomic E-state index is 12.3. The second-order valence-corrected chi connectivity index (χ2v) is 5.47. The van der Waals surface area contributed by atoms with Crippen molar-refractivity contribution >= 4 is 5.78 Å². The van der Waals surface area contributed by atoms with Gasteiger partial charge in [-0.15, -0.1) is 0 Å². The molecule has 1 aliphatic carbocycles. The van der Waals surface area contributed by atoms with Gasteiger partial charge in [0, 0.05) is 12.0 Å². The van der Waals surface area contributed by atoms with Crippen molar-refractivity contribution in [3.63, 3.8) is 0 Å². The average molecular weight is 250 g/mol. The van der Waals surface area contributed by atoms with Gasteiger partial charge < -0.3 is 0 Å². The van der Waals surface area contributed by atoms with Gasteiger partial charge in [-0.25, -0.2) is 0 Å². The summed E-state index contributed by atoms with van der Waals surface area (Å²) in [5.74, 6) is 0.987. The molecule has 1 heteroatoms. The number of Topliss-reactive ketones (excluding diaryl/α,β-unsaturated/α-hetero) is 1. The standard InChI is InChI=1S/C18H18O/c1-12-7-3-4-8-14(12)17-11-18(19)16-10-6-5-9-15(16)13(17)2/h3-10,13,17H,11H2,1-2H3/t13-,17+/m0/s1. The lowest BCUT2D eigenvalue weighted by Crippen LogP contribution is -2.22. The van der Waals surface area contributed by atoms with Crippen LogP contribution < -0.4 is 0 Å². The van der Waals surface area contributed by atoms with E-state index in [0.717, 1.165) is 5.56 Å². The summed E-state index contributed by atoms with van der Waals surface area (Å²) in [5, 5.41) is 0. The van der Waals surface area contributed by atoms with Crippen molar-refractivity contribution in [3.05, 3.63) is 70.8 Å². The first-order valence-corrected chi connectivity index (χ1v) is 6.86. The molecule has 0 saturated heterocycles. The number of benzene rings is 2. The summed E-state index contributed by atoms with van der Waals surface area (Å²) >= 11 is 0. The Morgan fingerprint density at radius 2 is 1.58 bits per heavy atom. The van der Waals surface area contributed by atoms with Crippen molar-refractivity contribution in [2.75, 3.05) is 0 Å². The summed E-state index contributed by atoms with van der Waals surface area (Å²) in [7, 11) is 0. The predicted octanol–water partition coefficient (Wildman–Crippen LogP) is 4.47. The number of aryl methyl sites for hydroxylation is 1. The molecule has 0 unspecified atom stereocenters. The first kappa shape index (κ1) is 12.2. The van der Waals surface area contributed by atoms with E-state index < -0.39 is 0 Å². The largest absolute Gasteiger partial charge is 0.294 e. The van der Waals surface area contributed by atoms with Crippen LogP contribution >= 0.6 is 0 Å². The van der Waals surface area contributed by atoms with E-state index in [-0.39, 0.29) is 5.78 Å². The third-order valence-electron chi connectivity index (χ3n) is 4.35. The highest BCUT2D eigenvalue weighted by Gasteiger charge is 2.32. The topological polar surface area (TPSA) is 17.1 Å². The average Bonchev–Trinajstić information content (AvgIpc) is 2.44. The number of carbonyl (C=O) groups excluding carboxylic acids is 1. The number of hydrogen-bond donors (Lipinski definition) is 0. The minimum Gasteiger partial charge on any atom is -0.294 e. The highest BCUT2D eigenvalue weighted by Crippen LogP contribution is 2.42. The van der Waals surface area contributed by atoms with E-state index in [1.807, 2.05) is 18.2 Å². The van der Waals surface area contributed by atoms with Crippen LogP contribution in [-0.2, 0) is 0 Å². The van der Waals surface area contributed by atoms with E-state index in [2.05, 4.69) is 44.2 Å². The van der Waals surface area contributed by atoms with Crippen LogP contribution in [0.15, 0.2) is 48.5 Å². The molecule has 0 amide bonds. The van der Waals surface area contributed by atoms with Crippen LogP contribution in [0.5, 0.6) is 0 Å². The molecule has 1 aliphatic rings. The summed E-state index contributed by atoms with van der Waals surface area (Å²) in [6.07, 6.45) is 0.628. The Kier molecular flexibility index (Phi) is 2.98. The Hall–Kier alpha value is -1.89. The third-order valence-corrected chi connectivity index (χ3v) is 4.35. The summed E-state index contributed by atoms with van der Waals surface area (Å²) in [5.41, 5.74) is 4.72. The lowest BCUT2D eigenvalue weighted by molar-refractivity contribution is 0.0958. The van der Waals surface area contributed by atoms with Crippen molar-refractivity contribution in [2.24, 2.45) is 0 Å². The molecule has 2 aromatic rings. The molecule has 96 valence electrons. The number of hydrogen-bond acceptors (Lipinski definition) is 1. The van der Waals surface area contributed by atoms with Crippen molar-refractivity contribution < 1.29 is 4.79 Å². The molecule has 0 fully saturated rings. The molecule has 2 aromatic carbocycles. The van der Waals surface area contributed by atoms with E-state index in [9.17, 15) is 4.79 Å². The van der Waals surface area contributed by atoms with Crippen LogP contribution in [0.3, 0.4) is 0 Å². The van der Waals surface area contributed by atoms with Crippen LogP contribution in [0.1, 0.15) is 52.2 Å². The van der Waals surface area contributed by atoms with Crippen molar-refractivity contribution in [1.29, 1.82) is 0 Å². The van der Waals surface area contributed by atoms with Gasteiger partial charge in [-0.2, -0.15) is 0 Å². The molecule has 0 bridgehead atoms. The van der Waals surface area contributed by atoms with E-state index in [4.69, 9.17) is 0 Å². The highest BCUT2D eigenvalue weighted by molar-refractivity contribution is 5.99. The van der Waals surface area contributed by atoms with Crippen LogP contribution in [0.2, 0.25) is 0 Å². The monoisotopic (exact) mass is 250 g/mol. The maximum absolute atomic E-state index is 12.3. The Morgan fingerprint density at radius 3 is 2.32 bits per heavy atom. The highest BCUT2D eigenvalue weighted by atomic mass is 16.1. The SMILES string of the molecule is Cc1ccccc1[C@@H]1CC(=O)c2ccccc2[C@@H]1C. The number of ketones is 1. The maximum Gasteiger partial charge on any atom is 0.163 e. The minimum absolute atomic E-state index is 0.280. The molecule has 0 aromatic heterocycles. The number of rotatable bonds is 1. The molecule has 0 aliphatic heterocycles. The van der Waals surface area contributed by atoms with Gasteiger partial charge >= 0.3 is 0 Å². The molecular weight excluding hydrogens is 232 g/mol. The number of fused-ring (bicyclic) bond motifs is 1. The van der Waals surface area contributed by atoms with E-state index in [1.54, 1.807) is 0 Å². The van der Waals surface area contributed by atoms with Crippen LogP contribution in [0.4, 0.5) is 0 Å². The van der Waals surface area contributed by atoms with Gasteiger partial charge in [0.05, 0.1) is 0 Å². The molecule has 3 rings (SSSR count). The predicted molar refractivity (Wildman–Crippen MR) is 77.7 cm³/mol. The summed E-state index contributed by atoms with van der Waals surface area (Å²) < 4.78 is 0. The van der Waals surface area contributed by atoms with Gasteiger partial charge in [-0.3, -0.25) is 4.79 Å². The fourth-order valence-corrected chi connectivity index (χ4v) is 3.23. The lowest BCUT2D eigenvalue weighted by atomic mass is 9.71. The van der Waals surface area contributed by atoms with Crippen LogP contribution in [0, 0.1) is 6.92 Å². The van der Waals surface area contributed by atoms with Crippen molar-refractivity contribution in [3.8, 4) is 0 Å². The van der Waals surface area contributed by atoms with E-state index in [1.165, 1.54) is 16.7 Å². The van der Waals surface area contributed by atoms with Gasteiger partial charge in [0.2, 0.25) is 0 Å². The minimum atomic E-state index is 0.280. The zero-order valence-corrected chi connectivity index (χ0v) is 11.4. The van der Waals surface area contributed by atoms with Crippen LogP contribution in [0.25, 0.3) is 0 Å². The molecular formula is C18H18O. The van der Waals surface area contributed by atoms with Gasteiger partial charge in [0.25, 0.3) is 0 Å². The zero-order valence-electron chi connectivity index (χ0n) is 11.4. The zero-order chi connectivity index (χ0) is 13.4.